The molecular formula is C16H19N5O2. The highest BCUT2D eigenvalue weighted by Gasteiger charge is 2.13. The molecule has 0 saturated carbocycles. The molecule has 1 aliphatic rings. The first-order chi connectivity index (χ1) is 11.2. The SMILES string of the molecule is Nc1ccc(-c2cc(C(=O)NCCCN3C=NCC3)no2)cc1. The quantitative estimate of drug-likeness (QED) is 0.620. The first-order valence-electron chi connectivity index (χ1n) is 7.57. The van der Waals surface area contributed by atoms with E-state index in [1.165, 1.54) is 0 Å². The lowest BCUT2D eigenvalue weighted by Gasteiger charge is -2.13. The van der Waals surface area contributed by atoms with Crippen LogP contribution in [0.2, 0.25) is 0 Å². The lowest BCUT2D eigenvalue weighted by molar-refractivity contribution is 0.0943. The van der Waals surface area contributed by atoms with Crippen LogP contribution in [0.15, 0.2) is 39.8 Å². The van der Waals surface area contributed by atoms with Crippen LogP contribution < -0.4 is 11.1 Å². The molecule has 0 bridgehead atoms. The van der Waals surface area contributed by atoms with Crippen molar-refractivity contribution in [3.8, 4) is 11.3 Å². The van der Waals surface area contributed by atoms with Crippen molar-refractivity contribution < 1.29 is 9.32 Å². The summed E-state index contributed by atoms with van der Waals surface area (Å²) in [6, 6.07) is 8.84. The van der Waals surface area contributed by atoms with Crippen molar-refractivity contribution in [1.82, 2.24) is 15.4 Å². The Kier molecular flexibility index (Phi) is 4.56. The fourth-order valence-electron chi connectivity index (χ4n) is 2.33. The predicted molar refractivity (Wildman–Crippen MR) is 88.2 cm³/mol. The van der Waals surface area contributed by atoms with Gasteiger partial charge in [0, 0.05) is 37.0 Å². The fraction of sp³-hybridized carbons (Fsp3) is 0.312. The first-order valence-corrected chi connectivity index (χ1v) is 7.57. The van der Waals surface area contributed by atoms with E-state index in [-0.39, 0.29) is 11.6 Å². The Bertz CT molecular complexity index is 693. The van der Waals surface area contributed by atoms with Crippen LogP contribution in [0.4, 0.5) is 5.69 Å². The van der Waals surface area contributed by atoms with Crippen molar-refractivity contribution in [2.75, 3.05) is 31.9 Å². The Morgan fingerprint density at radius 2 is 2.17 bits per heavy atom. The third-order valence-electron chi connectivity index (χ3n) is 3.61. The summed E-state index contributed by atoms with van der Waals surface area (Å²) in [5, 5.41) is 6.67. The Balaban J connectivity index is 1.49. The number of rotatable bonds is 6. The highest BCUT2D eigenvalue weighted by molar-refractivity contribution is 5.93. The molecule has 1 amide bonds. The van der Waals surface area contributed by atoms with E-state index < -0.39 is 0 Å². The third-order valence-corrected chi connectivity index (χ3v) is 3.61. The first kappa shape index (κ1) is 15.1. The summed E-state index contributed by atoms with van der Waals surface area (Å²) in [4.78, 5) is 18.3. The highest BCUT2D eigenvalue weighted by atomic mass is 16.5. The van der Waals surface area contributed by atoms with Crippen molar-refractivity contribution in [1.29, 1.82) is 0 Å². The zero-order valence-electron chi connectivity index (χ0n) is 12.7. The van der Waals surface area contributed by atoms with Gasteiger partial charge in [0.1, 0.15) is 0 Å². The van der Waals surface area contributed by atoms with Gasteiger partial charge < -0.3 is 20.5 Å². The molecule has 23 heavy (non-hydrogen) atoms. The molecule has 0 atom stereocenters. The van der Waals surface area contributed by atoms with Gasteiger partial charge in [0.05, 0.1) is 12.9 Å². The summed E-state index contributed by atoms with van der Waals surface area (Å²) in [7, 11) is 0. The van der Waals surface area contributed by atoms with E-state index in [9.17, 15) is 4.79 Å². The number of hydrogen-bond donors (Lipinski definition) is 2. The number of nitrogens with zero attached hydrogens (tertiary/aromatic N) is 3. The Hall–Kier alpha value is -2.83. The summed E-state index contributed by atoms with van der Waals surface area (Å²) < 4.78 is 5.22. The van der Waals surface area contributed by atoms with E-state index in [2.05, 4.69) is 20.4 Å². The summed E-state index contributed by atoms with van der Waals surface area (Å²) in [6.45, 7) is 3.30. The lowest BCUT2D eigenvalue weighted by Crippen LogP contribution is -2.28. The molecule has 0 fully saturated rings. The zero-order chi connectivity index (χ0) is 16.1. The summed E-state index contributed by atoms with van der Waals surface area (Å²) in [6.07, 6.45) is 2.72. The topological polar surface area (TPSA) is 96.8 Å². The number of hydrogen-bond acceptors (Lipinski definition) is 6. The van der Waals surface area contributed by atoms with E-state index in [0.29, 0.717) is 18.0 Å². The second-order valence-corrected chi connectivity index (χ2v) is 5.37. The number of nitrogens with two attached hydrogens (primary N) is 1. The molecular weight excluding hydrogens is 294 g/mol. The minimum absolute atomic E-state index is 0.231. The van der Waals surface area contributed by atoms with Gasteiger partial charge in [0.2, 0.25) is 0 Å². The molecule has 2 heterocycles. The van der Waals surface area contributed by atoms with Crippen LogP contribution in [0, 0.1) is 0 Å². The molecule has 1 aromatic carbocycles. The summed E-state index contributed by atoms with van der Waals surface area (Å²) in [5.74, 6) is 0.314. The molecule has 3 N–H and O–H groups in total. The molecule has 7 nitrogen and oxygen atoms in total. The average molecular weight is 313 g/mol. The van der Waals surface area contributed by atoms with Crippen molar-refractivity contribution in [2.45, 2.75) is 6.42 Å². The number of nitrogen functional groups attached to an aromatic ring is 1. The van der Waals surface area contributed by atoms with Crippen molar-refractivity contribution in [3.05, 3.63) is 36.0 Å². The summed E-state index contributed by atoms with van der Waals surface area (Å²) >= 11 is 0. The van der Waals surface area contributed by atoms with Gasteiger partial charge >= 0.3 is 0 Å². The number of anilines is 1. The van der Waals surface area contributed by atoms with Crippen LogP contribution in [-0.4, -0.2) is 48.5 Å². The van der Waals surface area contributed by atoms with Crippen LogP contribution >= 0.6 is 0 Å². The highest BCUT2D eigenvalue weighted by Crippen LogP contribution is 2.21. The van der Waals surface area contributed by atoms with Gasteiger partial charge in [-0.3, -0.25) is 9.79 Å². The van der Waals surface area contributed by atoms with E-state index in [1.54, 1.807) is 18.2 Å². The van der Waals surface area contributed by atoms with Gasteiger partial charge in [-0.15, -0.1) is 0 Å². The molecule has 1 aliphatic heterocycles. The summed E-state index contributed by atoms with van der Waals surface area (Å²) in [5.41, 5.74) is 7.43. The van der Waals surface area contributed by atoms with E-state index in [4.69, 9.17) is 10.3 Å². The Morgan fingerprint density at radius 1 is 1.35 bits per heavy atom. The Morgan fingerprint density at radius 3 is 2.91 bits per heavy atom. The van der Waals surface area contributed by atoms with Crippen LogP contribution in [0.1, 0.15) is 16.9 Å². The van der Waals surface area contributed by atoms with E-state index >= 15 is 0 Å². The molecule has 2 aromatic rings. The van der Waals surface area contributed by atoms with E-state index in [0.717, 1.165) is 31.6 Å². The molecule has 0 spiro atoms. The van der Waals surface area contributed by atoms with Gasteiger partial charge in [-0.1, -0.05) is 5.16 Å². The molecule has 0 saturated heterocycles. The molecule has 0 radical (unpaired) electrons. The Labute approximate surface area is 134 Å². The largest absolute Gasteiger partial charge is 0.399 e. The van der Waals surface area contributed by atoms with Crippen LogP contribution in [0.5, 0.6) is 0 Å². The van der Waals surface area contributed by atoms with Crippen LogP contribution in [-0.2, 0) is 0 Å². The van der Waals surface area contributed by atoms with Crippen LogP contribution in [0.25, 0.3) is 11.3 Å². The number of nitrogens with one attached hydrogen (secondary N) is 1. The second kappa shape index (κ2) is 6.95. The normalized spacial score (nSPS) is 13.5. The van der Waals surface area contributed by atoms with Crippen LogP contribution in [0.3, 0.4) is 0 Å². The maximum atomic E-state index is 12.0. The molecule has 1 aromatic heterocycles. The van der Waals surface area contributed by atoms with Gasteiger partial charge in [0.15, 0.2) is 11.5 Å². The van der Waals surface area contributed by atoms with Crippen molar-refractivity contribution >= 4 is 17.9 Å². The second-order valence-electron chi connectivity index (χ2n) is 5.37. The number of amides is 1. The molecule has 0 aliphatic carbocycles. The number of aromatic nitrogens is 1. The van der Waals surface area contributed by atoms with Crippen molar-refractivity contribution in [3.63, 3.8) is 0 Å². The fourth-order valence-corrected chi connectivity index (χ4v) is 2.33. The van der Waals surface area contributed by atoms with Gasteiger partial charge in [-0.25, -0.2) is 0 Å². The maximum Gasteiger partial charge on any atom is 0.273 e. The maximum absolute atomic E-state index is 12.0. The zero-order valence-corrected chi connectivity index (χ0v) is 12.7. The minimum atomic E-state index is -0.231. The predicted octanol–water partition coefficient (Wildman–Crippen LogP) is 1.39. The number of carbonyl (C=O) groups excluding carboxylic acids is 1. The molecule has 120 valence electrons. The van der Waals surface area contributed by atoms with E-state index in [1.807, 2.05) is 18.5 Å². The van der Waals surface area contributed by atoms with Gasteiger partial charge in [-0.2, -0.15) is 0 Å². The van der Waals surface area contributed by atoms with Crippen molar-refractivity contribution in [2.24, 2.45) is 4.99 Å². The standard InChI is InChI=1S/C16H19N5O2/c17-13-4-2-12(3-5-13)15-10-14(20-23-15)16(22)19-6-1-8-21-9-7-18-11-21/h2-5,10-11H,1,6-9,17H2,(H,19,22). The molecule has 0 unspecified atom stereocenters. The number of benzene rings is 1. The average Bonchev–Trinajstić information content (AvgIpc) is 3.24. The minimum Gasteiger partial charge on any atom is -0.399 e. The number of carbonyl (C=O) groups is 1. The molecule has 7 heteroatoms. The number of aliphatic imine (C=N–C) groups is 1. The lowest BCUT2D eigenvalue weighted by atomic mass is 10.1. The molecule has 3 rings (SSSR count). The third kappa shape index (κ3) is 3.88. The van der Waals surface area contributed by atoms with Gasteiger partial charge in [-0.05, 0) is 30.7 Å². The monoisotopic (exact) mass is 313 g/mol. The van der Waals surface area contributed by atoms with Gasteiger partial charge in [0.25, 0.3) is 5.91 Å². The smallest absolute Gasteiger partial charge is 0.273 e.